The molecule has 88 valence electrons. The van der Waals surface area contributed by atoms with Crippen LogP contribution in [0.5, 0.6) is 0 Å². The predicted molar refractivity (Wildman–Crippen MR) is 65.7 cm³/mol. The molecular weight excluding hydrogens is 200 g/mol. The third kappa shape index (κ3) is 2.71. The van der Waals surface area contributed by atoms with Gasteiger partial charge in [0.25, 0.3) is 0 Å². The molecule has 1 aromatic rings. The molecular formula is C12H20N4. The van der Waals surface area contributed by atoms with Crippen molar-refractivity contribution >= 4 is 5.82 Å². The minimum atomic E-state index is 0.719. The van der Waals surface area contributed by atoms with Gasteiger partial charge < -0.3 is 5.43 Å². The molecule has 0 saturated carbocycles. The van der Waals surface area contributed by atoms with E-state index in [1.54, 1.807) is 0 Å². The molecule has 0 bridgehead atoms. The topological polar surface area (TPSA) is 54.2 Å². The SMILES string of the molecule is CCC1CCN(Cc2ccc(NN)nc2)C1. The highest BCUT2D eigenvalue weighted by Gasteiger charge is 2.20. The van der Waals surface area contributed by atoms with Crippen molar-refractivity contribution in [1.82, 2.24) is 9.88 Å². The van der Waals surface area contributed by atoms with Gasteiger partial charge in [0.15, 0.2) is 0 Å². The van der Waals surface area contributed by atoms with Crippen LogP contribution in [-0.2, 0) is 6.54 Å². The average Bonchev–Trinajstić information content (AvgIpc) is 2.78. The van der Waals surface area contributed by atoms with Crippen LogP contribution in [0.3, 0.4) is 0 Å². The number of hydrogen-bond acceptors (Lipinski definition) is 4. The van der Waals surface area contributed by atoms with Crippen LogP contribution in [0.2, 0.25) is 0 Å². The highest BCUT2D eigenvalue weighted by molar-refractivity contribution is 5.33. The first-order valence-corrected chi connectivity index (χ1v) is 5.95. The Balaban J connectivity index is 1.89. The zero-order chi connectivity index (χ0) is 11.4. The molecule has 1 unspecified atom stereocenters. The van der Waals surface area contributed by atoms with E-state index < -0.39 is 0 Å². The van der Waals surface area contributed by atoms with Gasteiger partial charge in [0.05, 0.1) is 0 Å². The summed E-state index contributed by atoms with van der Waals surface area (Å²) >= 11 is 0. The molecule has 4 heteroatoms. The second kappa shape index (κ2) is 5.27. The monoisotopic (exact) mass is 220 g/mol. The number of hydrazine groups is 1. The van der Waals surface area contributed by atoms with Gasteiger partial charge in [0.1, 0.15) is 5.82 Å². The Morgan fingerprint density at radius 2 is 2.44 bits per heavy atom. The Hall–Kier alpha value is -1.13. The number of pyridine rings is 1. The van der Waals surface area contributed by atoms with Crippen LogP contribution in [0.1, 0.15) is 25.3 Å². The normalized spacial score (nSPS) is 21.2. The molecule has 16 heavy (non-hydrogen) atoms. The highest BCUT2D eigenvalue weighted by Crippen LogP contribution is 2.20. The number of nitrogens with zero attached hydrogens (tertiary/aromatic N) is 2. The maximum Gasteiger partial charge on any atom is 0.139 e. The lowest BCUT2D eigenvalue weighted by Crippen LogP contribution is -2.20. The molecule has 0 spiro atoms. The molecule has 1 fully saturated rings. The van der Waals surface area contributed by atoms with Crippen LogP contribution >= 0.6 is 0 Å². The van der Waals surface area contributed by atoms with Crippen LogP contribution in [-0.4, -0.2) is 23.0 Å². The van der Waals surface area contributed by atoms with Crippen LogP contribution in [0.15, 0.2) is 18.3 Å². The fraction of sp³-hybridized carbons (Fsp3) is 0.583. The highest BCUT2D eigenvalue weighted by atomic mass is 15.2. The molecule has 1 saturated heterocycles. The number of aromatic nitrogens is 1. The first kappa shape index (κ1) is 11.4. The van der Waals surface area contributed by atoms with Gasteiger partial charge in [0.2, 0.25) is 0 Å². The summed E-state index contributed by atoms with van der Waals surface area (Å²) < 4.78 is 0. The number of likely N-dealkylation sites (tertiary alicyclic amines) is 1. The van der Waals surface area contributed by atoms with E-state index in [1.165, 1.54) is 31.5 Å². The lowest BCUT2D eigenvalue weighted by atomic mass is 10.1. The maximum absolute atomic E-state index is 5.28. The summed E-state index contributed by atoms with van der Waals surface area (Å²) in [5.74, 6) is 6.88. The Bertz CT molecular complexity index is 322. The number of nitrogens with two attached hydrogens (primary N) is 1. The zero-order valence-electron chi connectivity index (χ0n) is 9.82. The van der Waals surface area contributed by atoms with E-state index in [-0.39, 0.29) is 0 Å². The van der Waals surface area contributed by atoms with E-state index in [9.17, 15) is 0 Å². The number of nitrogens with one attached hydrogen (secondary N) is 1. The van der Waals surface area contributed by atoms with Crippen molar-refractivity contribution in [2.75, 3.05) is 18.5 Å². The Labute approximate surface area is 96.8 Å². The lowest BCUT2D eigenvalue weighted by molar-refractivity contribution is 0.315. The van der Waals surface area contributed by atoms with Gasteiger partial charge in [-0.05, 0) is 30.5 Å². The van der Waals surface area contributed by atoms with E-state index in [0.29, 0.717) is 0 Å². The molecule has 1 aliphatic rings. The van der Waals surface area contributed by atoms with Gasteiger partial charge in [-0.25, -0.2) is 10.8 Å². The third-order valence-corrected chi connectivity index (χ3v) is 3.33. The van der Waals surface area contributed by atoms with Gasteiger partial charge in [-0.1, -0.05) is 19.4 Å². The minimum absolute atomic E-state index is 0.719. The first-order chi connectivity index (χ1) is 7.81. The summed E-state index contributed by atoms with van der Waals surface area (Å²) in [4.78, 5) is 6.72. The van der Waals surface area contributed by atoms with Crippen LogP contribution in [0.25, 0.3) is 0 Å². The van der Waals surface area contributed by atoms with Gasteiger partial charge >= 0.3 is 0 Å². The van der Waals surface area contributed by atoms with Gasteiger partial charge in [-0.15, -0.1) is 0 Å². The van der Waals surface area contributed by atoms with Crippen molar-refractivity contribution in [3.05, 3.63) is 23.9 Å². The number of hydrogen-bond donors (Lipinski definition) is 2. The Morgan fingerprint density at radius 1 is 1.56 bits per heavy atom. The molecule has 0 amide bonds. The number of rotatable bonds is 4. The second-order valence-corrected chi connectivity index (χ2v) is 4.49. The van der Waals surface area contributed by atoms with Crippen molar-refractivity contribution in [2.24, 2.45) is 11.8 Å². The molecule has 3 N–H and O–H groups in total. The molecule has 2 heterocycles. The quantitative estimate of drug-likeness (QED) is 0.598. The Morgan fingerprint density at radius 3 is 3.00 bits per heavy atom. The second-order valence-electron chi connectivity index (χ2n) is 4.49. The molecule has 0 aromatic carbocycles. The van der Waals surface area contributed by atoms with Crippen molar-refractivity contribution in [1.29, 1.82) is 0 Å². The van der Waals surface area contributed by atoms with Crippen molar-refractivity contribution in [3.63, 3.8) is 0 Å². The molecule has 4 nitrogen and oxygen atoms in total. The zero-order valence-corrected chi connectivity index (χ0v) is 9.82. The minimum Gasteiger partial charge on any atom is -0.308 e. The number of anilines is 1. The van der Waals surface area contributed by atoms with Crippen molar-refractivity contribution in [2.45, 2.75) is 26.3 Å². The molecule has 0 radical (unpaired) electrons. The predicted octanol–water partition coefficient (Wildman–Crippen LogP) is 1.60. The van der Waals surface area contributed by atoms with Crippen LogP contribution in [0, 0.1) is 5.92 Å². The summed E-state index contributed by atoms with van der Waals surface area (Å²) in [6.07, 6.45) is 4.53. The molecule has 1 aliphatic heterocycles. The molecule has 0 aliphatic carbocycles. The van der Waals surface area contributed by atoms with E-state index in [2.05, 4.69) is 28.3 Å². The van der Waals surface area contributed by atoms with E-state index >= 15 is 0 Å². The largest absolute Gasteiger partial charge is 0.308 e. The summed E-state index contributed by atoms with van der Waals surface area (Å²) in [7, 11) is 0. The smallest absolute Gasteiger partial charge is 0.139 e. The van der Waals surface area contributed by atoms with Crippen LogP contribution < -0.4 is 11.3 Å². The first-order valence-electron chi connectivity index (χ1n) is 5.95. The Kier molecular flexibility index (Phi) is 3.74. The maximum atomic E-state index is 5.28. The van der Waals surface area contributed by atoms with Crippen LogP contribution in [0.4, 0.5) is 5.82 Å². The average molecular weight is 220 g/mol. The van der Waals surface area contributed by atoms with Gasteiger partial charge in [-0.3, -0.25) is 4.90 Å². The van der Waals surface area contributed by atoms with E-state index in [1.807, 2.05) is 12.3 Å². The van der Waals surface area contributed by atoms with E-state index in [0.717, 1.165) is 18.3 Å². The summed E-state index contributed by atoms with van der Waals surface area (Å²) in [5.41, 5.74) is 3.80. The fourth-order valence-corrected chi connectivity index (χ4v) is 2.25. The lowest BCUT2D eigenvalue weighted by Gasteiger charge is -2.15. The third-order valence-electron chi connectivity index (χ3n) is 3.33. The standard InChI is InChI=1S/C12H20N4/c1-2-10-5-6-16(8-10)9-11-3-4-12(15-13)14-7-11/h3-4,7,10H,2,5-6,8-9,13H2,1H3,(H,14,15). The van der Waals surface area contributed by atoms with Gasteiger partial charge in [0, 0.05) is 19.3 Å². The number of nitrogen functional groups attached to an aromatic ring is 1. The van der Waals surface area contributed by atoms with Gasteiger partial charge in [-0.2, -0.15) is 0 Å². The summed E-state index contributed by atoms with van der Waals surface area (Å²) in [5, 5.41) is 0. The fourth-order valence-electron chi connectivity index (χ4n) is 2.25. The molecule has 2 rings (SSSR count). The summed E-state index contributed by atoms with van der Waals surface area (Å²) in [6, 6.07) is 4.00. The summed E-state index contributed by atoms with van der Waals surface area (Å²) in [6.45, 7) is 5.73. The van der Waals surface area contributed by atoms with Crippen molar-refractivity contribution < 1.29 is 0 Å². The van der Waals surface area contributed by atoms with E-state index in [4.69, 9.17) is 5.84 Å². The van der Waals surface area contributed by atoms with Crippen molar-refractivity contribution in [3.8, 4) is 0 Å². The molecule has 1 aromatic heterocycles. The molecule has 1 atom stereocenters.